The fourth-order valence-corrected chi connectivity index (χ4v) is 3.05. The van der Waals surface area contributed by atoms with E-state index in [9.17, 15) is 14.4 Å². The number of thioether (sulfide) groups is 1. The topological polar surface area (TPSA) is 87.7 Å². The van der Waals surface area contributed by atoms with Crippen LogP contribution in [0.2, 0.25) is 0 Å². The fourth-order valence-electron chi connectivity index (χ4n) is 2.36. The molecule has 0 bridgehead atoms. The van der Waals surface area contributed by atoms with Gasteiger partial charge in [-0.2, -0.15) is 0 Å². The maximum atomic E-state index is 12.3. The summed E-state index contributed by atoms with van der Waals surface area (Å²) in [6, 6.07) is 14.4. The predicted molar refractivity (Wildman–Crippen MR) is 118 cm³/mol. The SMILES string of the molecule is COC(=O)N(C)c1ccc(NC(=O)C(C)SCC(=O)Nc2ccc(C)cc2)cc1. The van der Waals surface area contributed by atoms with Crippen LogP contribution in [0.5, 0.6) is 0 Å². The number of nitrogens with zero attached hydrogens (tertiary/aromatic N) is 1. The fraction of sp³-hybridized carbons (Fsp3) is 0.286. The second kappa shape index (κ2) is 10.5. The molecule has 0 aromatic heterocycles. The van der Waals surface area contributed by atoms with E-state index in [4.69, 9.17) is 0 Å². The molecule has 0 fully saturated rings. The molecule has 0 radical (unpaired) electrons. The number of anilines is 3. The largest absolute Gasteiger partial charge is 0.452 e. The molecule has 2 aromatic carbocycles. The minimum atomic E-state index is -0.476. The Kier molecular flexibility index (Phi) is 8.09. The molecule has 3 amide bonds. The lowest BCUT2D eigenvalue weighted by atomic mass is 10.2. The first-order chi connectivity index (χ1) is 13.8. The van der Waals surface area contributed by atoms with Gasteiger partial charge in [0.25, 0.3) is 0 Å². The van der Waals surface area contributed by atoms with Crippen molar-refractivity contribution >= 4 is 46.7 Å². The molecule has 8 heteroatoms. The van der Waals surface area contributed by atoms with E-state index < -0.39 is 11.3 Å². The molecule has 2 N–H and O–H groups in total. The van der Waals surface area contributed by atoms with Crippen molar-refractivity contribution in [2.24, 2.45) is 0 Å². The van der Waals surface area contributed by atoms with Gasteiger partial charge in [0.05, 0.1) is 18.1 Å². The Labute approximate surface area is 174 Å². The normalized spacial score (nSPS) is 11.3. The van der Waals surface area contributed by atoms with Crippen molar-refractivity contribution in [2.45, 2.75) is 19.1 Å². The van der Waals surface area contributed by atoms with Gasteiger partial charge >= 0.3 is 6.09 Å². The Hall–Kier alpha value is -3.00. The molecule has 0 aliphatic rings. The maximum Gasteiger partial charge on any atom is 0.413 e. The number of carbonyl (C=O) groups excluding carboxylic acids is 3. The number of carbonyl (C=O) groups is 3. The van der Waals surface area contributed by atoms with Gasteiger partial charge in [-0.25, -0.2) is 4.79 Å². The molecule has 29 heavy (non-hydrogen) atoms. The maximum absolute atomic E-state index is 12.3. The molecular weight excluding hydrogens is 390 g/mol. The summed E-state index contributed by atoms with van der Waals surface area (Å²) in [7, 11) is 2.91. The molecule has 154 valence electrons. The van der Waals surface area contributed by atoms with Gasteiger partial charge in [0, 0.05) is 24.1 Å². The third-order valence-corrected chi connectivity index (χ3v) is 5.28. The number of ether oxygens (including phenoxy) is 1. The molecule has 0 heterocycles. The van der Waals surface area contributed by atoms with Gasteiger partial charge in [0.15, 0.2) is 0 Å². The second-order valence-electron chi connectivity index (χ2n) is 6.43. The highest BCUT2D eigenvalue weighted by atomic mass is 32.2. The summed E-state index contributed by atoms with van der Waals surface area (Å²) in [5.74, 6) is -0.188. The van der Waals surface area contributed by atoms with E-state index in [1.54, 1.807) is 38.2 Å². The lowest BCUT2D eigenvalue weighted by Crippen LogP contribution is -2.26. The zero-order valence-corrected chi connectivity index (χ0v) is 17.7. The quantitative estimate of drug-likeness (QED) is 0.716. The molecule has 1 atom stereocenters. The average molecular weight is 416 g/mol. The van der Waals surface area contributed by atoms with Crippen LogP contribution in [0.3, 0.4) is 0 Å². The summed E-state index contributed by atoms with van der Waals surface area (Å²) in [6.45, 7) is 3.73. The summed E-state index contributed by atoms with van der Waals surface area (Å²) in [5, 5.41) is 5.21. The summed E-state index contributed by atoms with van der Waals surface area (Å²) in [5.41, 5.74) is 3.10. The number of nitrogens with one attached hydrogen (secondary N) is 2. The Balaban J connectivity index is 1.81. The Morgan fingerprint density at radius 1 is 1.00 bits per heavy atom. The lowest BCUT2D eigenvalue weighted by molar-refractivity contribution is -0.115. The van der Waals surface area contributed by atoms with E-state index in [1.807, 2.05) is 31.2 Å². The van der Waals surface area contributed by atoms with Gasteiger partial charge in [-0.15, -0.1) is 11.8 Å². The van der Waals surface area contributed by atoms with Crippen molar-refractivity contribution < 1.29 is 19.1 Å². The van der Waals surface area contributed by atoms with Crippen LogP contribution in [-0.4, -0.2) is 43.1 Å². The Morgan fingerprint density at radius 3 is 2.14 bits per heavy atom. The Bertz CT molecular complexity index is 853. The number of hydrogen-bond donors (Lipinski definition) is 2. The van der Waals surface area contributed by atoms with E-state index in [1.165, 1.54) is 23.8 Å². The highest BCUT2D eigenvalue weighted by molar-refractivity contribution is 8.01. The van der Waals surface area contributed by atoms with Crippen molar-refractivity contribution in [2.75, 3.05) is 35.4 Å². The molecule has 1 unspecified atom stereocenters. The van der Waals surface area contributed by atoms with Crippen molar-refractivity contribution in [3.8, 4) is 0 Å². The predicted octanol–water partition coefficient (Wildman–Crippen LogP) is 3.90. The molecule has 0 spiro atoms. The van der Waals surface area contributed by atoms with Crippen LogP contribution in [0.25, 0.3) is 0 Å². The molecule has 0 aliphatic carbocycles. The first-order valence-electron chi connectivity index (χ1n) is 9.01. The Morgan fingerprint density at radius 2 is 1.55 bits per heavy atom. The van der Waals surface area contributed by atoms with Crippen molar-refractivity contribution in [3.63, 3.8) is 0 Å². The number of methoxy groups -OCH3 is 1. The van der Waals surface area contributed by atoms with E-state index in [-0.39, 0.29) is 17.6 Å². The van der Waals surface area contributed by atoms with Crippen LogP contribution in [0.4, 0.5) is 21.9 Å². The number of amides is 3. The molecule has 0 saturated carbocycles. The van der Waals surface area contributed by atoms with Crippen molar-refractivity contribution in [3.05, 3.63) is 54.1 Å². The average Bonchev–Trinajstić information content (AvgIpc) is 2.73. The van der Waals surface area contributed by atoms with E-state index in [0.29, 0.717) is 11.4 Å². The van der Waals surface area contributed by atoms with Crippen LogP contribution >= 0.6 is 11.8 Å². The van der Waals surface area contributed by atoms with Gasteiger partial charge in [-0.1, -0.05) is 17.7 Å². The van der Waals surface area contributed by atoms with Crippen LogP contribution in [0, 0.1) is 6.92 Å². The minimum Gasteiger partial charge on any atom is -0.452 e. The monoisotopic (exact) mass is 415 g/mol. The smallest absolute Gasteiger partial charge is 0.413 e. The van der Waals surface area contributed by atoms with Crippen LogP contribution in [-0.2, 0) is 14.3 Å². The van der Waals surface area contributed by atoms with Crippen LogP contribution in [0.1, 0.15) is 12.5 Å². The molecule has 0 saturated heterocycles. The highest BCUT2D eigenvalue weighted by Crippen LogP contribution is 2.19. The second-order valence-corrected chi connectivity index (χ2v) is 7.76. The summed E-state index contributed by atoms with van der Waals surface area (Å²) < 4.78 is 4.66. The zero-order chi connectivity index (χ0) is 21.4. The van der Waals surface area contributed by atoms with Gasteiger partial charge in [-0.3, -0.25) is 14.5 Å². The minimum absolute atomic E-state index is 0.159. The summed E-state index contributed by atoms with van der Waals surface area (Å²) in [4.78, 5) is 37.3. The standard InChI is InChI=1S/C21H25N3O4S/c1-14-5-7-16(8-6-14)22-19(25)13-29-15(2)20(26)23-17-9-11-18(12-10-17)24(3)21(27)28-4/h5-12,15H,13H2,1-4H3,(H,22,25)(H,23,26). The third kappa shape index (κ3) is 6.83. The number of rotatable bonds is 7. The highest BCUT2D eigenvalue weighted by Gasteiger charge is 2.16. The molecule has 2 aromatic rings. The zero-order valence-electron chi connectivity index (χ0n) is 16.9. The first kappa shape index (κ1) is 22.3. The van der Waals surface area contributed by atoms with E-state index in [0.717, 1.165) is 11.3 Å². The van der Waals surface area contributed by atoms with Crippen LogP contribution in [0.15, 0.2) is 48.5 Å². The first-order valence-corrected chi connectivity index (χ1v) is 10.1. The summed E-state index contributed by atoms with van der Waals surface area (Å²) in [6.07, 6.45) is -0.476. The van der Waals surface area contributed by atoms with Crippen molar-refractivity contribution in [1.82, 2.24) is 0 Å². The lowest BCUT2D eigenvalue weighted by Gasteiger charge is -2.16. The van der Waals surface area contributed by atoms with Gasteiger partial charge in [-0.05, 0) is 50.2 Å². The van der Waals surface area contributed by atoms with Gasteiger partial charge in [0.2, 0.25) is 11.8 Å². The van der Waals surface area contributed by atoms with Gasteiger partial charge < -0.3 is 15.4 Å². The summed E-state index contributed by atoms with van der Waals surface area (Å²) >= 11 is 1.26. The van der Waals surface area contributed by atoms with E-state index >= 15 is 0 Å². The van der Waals surface area contributed by atoms with Crippen molar-refractivity contribution in [1.29, 1.82) is 0 Å². The number of aryl methyl sites for hydroxylation is 1. The molecule has 2 rings (SSSR count). The molecule has 7 nitrogen and oxygen atoms in total. The number of hydrogen-bond acceptors (Lipinski definition) is 5. The molecular formula is C21H25N3O4S. The number of benzene rings is 2. The van der Waals surface area contributed by atoms with Crippen LogP contribution < -0.4 is 15.5 Å². The third-order valence-electron chi connectivity index (χ3n) is 4.14. The molecule has 0 aliphatic heterocycles. The van der Waals surface area contributed by atoms with E-state index in [2.05, 4.69) is 15.4 Å². The van der Waals surface area contributed by atoms with Gasteiger partial charge in [0.1, 0.15) is 0 Å².